The Bertz CT molecular complexity index is 662. The summed E-state index contributed by atoms with van der Waals surface area (Å²) in [6, 6.07) is 10.5. The van der Waals surface area contributed by atoms with Crippen LogP contribution in [0, 0.1) is 6.92 Å². The highest BCUT2D eigenvalue weighted by Crippen LogP contribution is 2.17. The van der Waals surface area contributed by atoms with E-state index < -0.39 is 0 Å². The van der Waals surface area contributed by atoms with Gasteiger partial charge in [-0.1, -0.05) is 12.1 Å². The lowest BCUT2D eigenvalue weighted by Crippen LogP contribution is -2.47. The second kappa shape index (κ2) is 8.67. The third kappa shape index (κ3) is 5.32. The van der Waals surface area contributed by atoms with E-state index in [1.54, 1.807) is 6.20 Å². The minimum atomic E-state index is 0.119. The van der Waals surface area contributed by atoms with Gasteiger partial charge in [-0.15, -0.1) is 0 Å². The summed E-state index contributed by atoms with van der Waals surface area (Å²) in [6.45, 7) is 8.35. The van der Waals surface area contributed by atoms with Crippen molar-refractivity contribution in [1.82, 2.24) is 20.0 Å². The molecule has 2 aromatic rings. The first-order valence-corrected chi connectivity index (χ1v) is 8.99. The van der Waals surface area contributed by atoms with Crippen LogP contribution in [0.2, 0.25) is 0 Å². The molecule has 0 atom stereocenters. The molecule has 0 radical (unpaired) electrons. The van der Waals surface area contributed by atoms with Gasteiger partial charge in [0.05, 0.1) is 6.54 Å². The number of benzene rings is 1. The molecule has 0 saturated carbocycles. The standard InChI is InChI=1S/C19H27N5O/c1-17-4-2-5-18(16-17)23-14-12-22(13-15-23)10-6-19(25)20-8-11-24-9-3-7-21-24/h2-5,7,9,16H,6,8,10-15H2,1H3,(H,20,25). The van der Waals surface area contributed by atoms with E-state index in [1.807, 2.05) is 16.9 Å². The number of anilines is 1. The van der Waals surface area contributed by atoms with Crippen LogP contribution in [-0.2, 0) is 11.3 Å². The Labute approximate surface area is 149 Å². The number of aromatic nitrogens is 2. The van der Waals surface area contributed by atoms with E-state index in [0.717, 1.165) is 32.7 Å². The van der Waals surface area contributed by atoms with Crippen molar-refractivity contribution in [3.8, 4) is 0 Å². The van der Waals surface area contributed by atoms with Gasteiger partial charge in [0.2, 0.25) is 5.91 Å². The predicted octanol–water partition coefficient (Wildman–Crippen LogP) is 1.52. The maximum absolute atomic E-state index is 12.0. The van der Waals surface area contributed by atoms with Gasteiger partial charge < -0.3 is 10.2 Å². The smallest absolute Gasteiger partial charge is 0.221 e. The number of hydrogen-bond donors (Lipinski definition) is 1. The van der Waals surface area contributed by atoms with Crippen LogP contribution in [0.1, 0.15) is 12.0 Å². The quantitative estimate of drug-likeness (QED) is 0.830. The first-order valence-electron chi connectivity index (χ1n) is 8.99. The summed E-state index contributed by atoms with van der Waals surface area (Å²) >= 11 is 0. The number of aryl methyl sites for hydroxylation is 1. The summed E-state index contributed by atoms with van der Waals surface area (Å²) in [7, 11) is 0. The summed E-state index contributed by atoms with van der Waals surface area (Å²) < 4.78 is 1.82. The molecule has 0 spiro atoms. The molecule has 6 heteroatoms. The molecule has 2 heterocycles. The fourth-order valence-electron chi connectivity index (χ4n) is 3.14. The van der Waals surface area contributed by atoms with E-state index in [1.165, 1.54) is 11.3 Å². The van der Waals surface area contributed by atoms with Crippen molar-refractivity contribution in [3.05, 3.63) is 48.3 Å². The summed E-state index contributed by atoms with van der Waals surface area (Å²) in [6.07, 6.45) is 4.21. The Hall–Kier alpha value is -2.34. The predicted molar refractivity (Wildman–Crippen MR) is 99.7 cm³/mol. The van der Waals surface area contributed by atoms with E-state index in [-0.39, 0.29) is 5.91 Å². The fraction of sp³-hybridized carbons (Fsp3) is 0.474. The summed E-state index contributed by atoms with van der Waals surface area (Å²) in [4.78, 5) is 16.8. The molecule has 1 saturated heterocycles. The summed E-state index contributed by atoms with van der Waals surface area (Å²) in [5.74, 6) is 0.119. The van der Waals surface area contributed by atoms with Crippen molar-refractivity contribution in [2.75, 3.05) is 44.2 Å². The molecule has 1 amide bonds. The van der Waals surface area contributed by atoms with Crippen molar-refractivity contribution in [1.29, 1.82) is 0 Å². The minimum Gasteiger partial charge on any atom is -0.369 e. The zero-order valence-corrected chi connectivity index (χ0v) is 14.9. The molecular formula is C19H27N5O. The molecular weight excluding hydrogens is 314 g/mol. The normalized spacial score (nSPS) is 15.3. The van der Waals surface area contributed by atoms with E-state index in [4.69, 9.17) is 0 Å². The van der Waals surface area contributed by atoms with Gasteiger partial charge in [-0.05, 0) is 30.7 Å². The number of carbonyl (C=O) groups excluding carboxylic acids is 1. The van der Waals surface area contributed by atoms with Crippen molar-refractivity contribution in [2.24, 2.45) is 0 Å². The molecule has 0 unspecified atom stereocenters. The molecule has 134 valence electrons. The van der Waals surface area contributed by atoms with Crippen molar-refractivity contribution >= 4 is 11.6 Å². The van der Waals surface area contributed by atoms with Crippen LogP contribution in [0.3, 0.4) is 0 Å². The molecule has 1 aromatic carbocycles. The maximum atomic E-state index is 12.0. The van der Waals surface area contributed by atoms with Crippen LogP contribution < -0.4 is 10.2 Å². The minimum absolute atomic E-state index is 0.119. The van der Waals surface area contributed by atoms with Crippen molar-refractivity contribution in [2.45, 2.75) is 19.9 Å². The van der Waals surface area contributed by atoms with E-state index in [2.05, 4.69) is 51.4 Å². The molecule has 1 fully saturated rings. The van der Waals surface area contributed by atoms with Gasteiger partial charge in [-0.3, -0.25) is 14.4 Å². The first-order chi connectivity index (χ1) is 12.2. The molecule has 1 aliphatic heterocycles. The topological polar surface area (TPSA) is 53.4 Å². The Balaban J connectivity index is 1.33. The zero-order chi connectivity index (χ0) is 17.5. The second-order valence-electron chi connectivity index (χ2n) is 6.54. The van der Waals surface area contributed by atoms with Crippen LogP contribution in [0.25, 0.3) is 0 Å². The third-order valence-corrected chi connectivity index (χ3v) is 4.62. The Morgan fingerprint density at radius 1 is 1.16 bits per heavy atom. The van der Waals surface area contributed by atoms with Gasteiger partial charge in [0.1, 0.15) is 0 Å². The molecule has 0 aliphatic carbocycles. The Kier molecular flexibility index (Phi) is 6.06. The summed E-state index contributed by atoms with van der Waals surface area (Å²) in [5, 5.41) is 7.09. The van der Waals surface area contributed by atoms with Gasteiger partial charge in [-0.25, -0.2) is 0 Å². The number of nitrogens with one attached hydrogen (secondary N) is 1. The van der Waals surface area contributed by atoms with Gasteiger partial charge in [0.15, 0.2) is 0 Å². The highest BCUT2D eigenvalue weighted by atomic mass is 16.1. The van der Waals surface area contributed by atoms with E-state index in [9.17, 15) is 4.79 Å². The van der Waals surface area contributed by atoms with Crippen LogP contribution in [0.4, 0.5) is 5.69 Å². The molecule has 1 N–H and O–H groups in total. The lowest BCUT2D eigenvalue weighted by molar-refractivity contribution is -0.121. The number of carbonyl (C=O) groups is 1. The summed E-state index contributed by atoms with van der Waals surface area (Å²) in [5.41, 5.74) is 2.60. The highest BCUT2D eigenvalue weighted by Gasteiger charge is 2.17. The van der Waals surface area contributed by atoms with E-state index >= 15 is 0 Å². The van der Waals surface area contributed by atoms with Gasteiger partial charge in [-0.2, -0.15) is 5.10 Å². The van der Waals surface area contributed by atoms with Crippen LogP contribution in [-0.4, -0.2) is 59.9 Å². The number of hydrogen-bond acceptors (Lipinski definition) is 4. The van der Waals surface area contributed by atoms with Gasteiger partial charge in [0, 0.05) is 63.8 Å². The number of amides is 1. The SMILES string of the molecule is Cc1cccc(N2CCN(CCC(=O)NCCn3cccn3)CC2)c1. The molecule has 6 nitrogen and oxygen atoms in total. The molecule has 3 rings (SSSR count). The fourth-order valence-corrected chi connectivity index (χ4v) is 3.14. The lowest BCUT2D eigenvalue weighted by Gasteiger charge is -2.36. The highest BCUT2D eigenvalue weighted by molar-refractivity contribution is 5.76. The van der Waals surface area contributed by atoms with Crippen LogP contribution in [0.15, 0.2) is 42.7 Å². The molecule has 1 aromatic heterocycles. The van der Waals surface area contributed by atoms with Crippen LogP contribution >= 0.6 is 0 Å². The van der Waals surface area contributed by atoms with Crippen molar-refractivity contribution < 1.29 is 4.79 Å². The monoisotopic (exact) mass is 341 g/mol. The average Bonchev–Trinajstić information content (AvgIpc) is 3.14. The number of piperazine rings is 1. The molecule has 1 aliphatic rings. The molecule has 0 bridgehead atoms. The number of rotatable bonds is 7. The lowest BCUT2D eigenvalue weighted by atomic mass is 10.2. The van der Waals surface area contributed by atoms with Gasteiger partial charge >= 0.3 is 0 Å². The Morgan fingerprint density at radius 2 is 2.00 bits per heavy atom. The average molecular weight is 341 g/mol. The van der Waals surface area contributed by atoms with Crippen LogP contribution in [0.5, 0.6) is 0 Å². The molecule has 25 heavy (non-hydrogen) atoms. The Morgan fingerprint density at radius 3 is 2.72 bits per heavy atom. The largest absolute Gasteiger partial charge is 0.369 e. The van der Waals surface area contributed by atoms with Gasteiger partial charge in [0.25, 0.3) is 0 Å². The van der Waals surface area contributed by atoms with Crippen molar-refractivity contribution in [3.63, 3.8) is 0 Å². The third-order valence-electron chi connectivity index (χ3n) is 4.62. The second-order valence-corrected chi connectivity index (χ2v) is 6.54. The van der Waals surface area contributed by atoms with E-state index in [0.29, 0.717) is 19.5 Å². The number of nitrogens with zero attached hydrogens (tertiary/aromatic N) is 4. The maximum Gasteiger partial charge on any atom is 0.221 e. The zero-order valence-electron chi connectivity index (χ0n) is 14.9. The first kappa shape index (κ1) is 17.5.